The van der Waals surface area contributed by atoms with E-state index in [0.29, 0.717) is 6.42 Å². The Morgan fingerprint density at radius 3 is 2.12 bits per heavy atom. The molecule has 2 atom stereocenters. The van der Waals surface area contributed by atoms with Crippen molar-refractivity contribution in [3.05, 3.63) is 0 Å². The first kappa shape index (κ1) is 15.9. The second kappa shape index (κ2) is 7.27. The number of aliphatic carboxylic acids is 1. The van der Waals surface area contributed by atoms with Crippen LogP contribution < -0.4 is 11.1 Å². The Labute approximate surface area is 103 Å². The quantitative estimate of drug-likeness (QED) is 0.618. The molecule has 5 nitrogen and oxygen atoms in total. The van der Waals surface area contributed by atoms with E-state index in [4.69, 9.17) is 10.8 Å². The summed E-state index contributed by atoms with van der Waals surface area (Å²) in [7, 11) is 0. The lowest BCUT2D eigenvalue weighted by atomic mass is 9.97. The number of carboxylic acid groups (broad SMARTS) is 1. The van der Waals surface area contributed by atoms with Gasteiger partial charge in [0.1, 0.15) is 0 Å². The van der Waals surface area contributed by atoms with Crippen LogP contribution in [0, 0.1) is 17.8 Å². The van der Waals surface area contributed by atoms with Crippen molar-refractivity contribution >= 4 is 11.9 Å². The highest BCUT2D eigenvalue weighted by molar-refractivity contribution is 5.82. The molecule has 0 aliphatic rings. The molecule has 1 unspecified atom stereocenters. The first-order valence-electron chi connectivity index (χ1n) is 6.01. The number of nitrogens with two attached hydrogens (primary N) is 1. The predicted octanol–water partition coefficient (Wildman–Crippen LogP) is 0.833. The first-order valence-corrected chi connectivity index (χ1v) is 6.01. The summed E-state index contributed by atoms with van der Waals surface area (Å²) in [6.07, 6.45) is 0.548. The predicted molar refractivity (Wildman–Crippen MR) is 66.4 cm³/mol. The molecule has 0 spiro atoms. The van der Waals surface area contributed by atoms with Gasteiger partial charge in [-0.05, 0) is 18.3 Å². The van der Waals surface area contributed by atoms with Crippen LogP contribution in [0.1, 0.15) is 34.1 Å². The van der Waals surface area contributed by atoms with Gasteiger partial charge >= 0.3 is 5.97 Å². The number of hydrogen-bond donors (Lipinski definition) is 3. The normalized spacial score (nSPS) is 14.8. The van der Waals surface area contributed by atoms with Gasteiger partial charge in [-0.15, -0.1) is 0 Å². The fraction of sp³-hybridized carbons (Fsp3) is 0.833. The van der Waals surface area contributed by atoms with Crippen molar-refractivity contribution in [3.63, 3.8) is 0 Å². The lowest BCUT2D eigenvalue weighted by Gasteiger charge is -2.19. The first-order chi connectivity index (χ1) is 7.75. The molecule has 0 aliphatic heterocycles. The van der Waals surface area contributed by atoms with Crippen LogP contribution in [0.4, 0.5) is 0 Å². The summed E-state index contributed by atoms with van der Waals surface area (Å²) in [5, 5.41) is 11.6. The van der Waals surface area contributed by atoms with E-state index in [2.05, 4.69) is 5.32 Å². The minimum absolute atomic E-state index is 0.0448. The molecule has 17 heavy (non-hydrogen) atoms. The summed E-state index contributed by atoms with van der Waals surface area (Å²) >= 11 is 0. The Morgan fingerprint density at radius 1 is 1.24 bits per heavy atom. The molecule has 100 valence electrons. The minimum Gasteiger partial charge on any atom is -0.481 e. The van der Waals surface area contributed by atoms with Gasteiger partial charge in [0.05, 0.1) is 12.0 Å². The zero-order valence-corrected chi connectivity index (χ0v) is 11.1. The Morgan fingerprint density at radius 2 is 1.76 bits per heavy atom. The molecule has 0 radical (unpaired) electrons. The summed E-state index contributed by atoms with van der Waals surface area (Å²) in [4.78, 5) is 22.5. The van der Waals surface area contributed by atoms with E-state index in [-0.39, 0.29) is 24.3 Å². The molecular formula is C12H24N2O3. The summed E-state index contributed by atoms with van der Waals surface area (Å²) in [5.41, 5.74) is 5.66. The van der Waals surface area contributed by atoms with Crippen LogP contribution in [0.25, 0.3) is 0 Å². The molecule has 0 aromatic heterocycles. The summed E-state index contributed by atoms with van der Waals surface area (Å²) < 4.78 is 0. The van der Waals surface area contributed by atoms with Gasteiger partial charge in [-0.3, -0.25) is 9.59 Å². The molecule has 0 saturated carbocycles. The van der Waals surface area contributed by atoms with Crippen LogP contribution in [-0.2, 0) is 9.59 Å². The van der Waals surface area contributed by atoms with Crippen molar-refractivity contribution in [2.45, 2.75) is 40.2 Å². The fourth-order valence-corrected chi connectivity index (χ4v) is 1.48. The zero-order valence-electron chi connectivity index (χ0n) is 11.1. The van der Waals surface area contributed by atoms with Crippen molar-refractivity contribution in [1.29, 1.82) is 0 Å². The molecule has 1 amide bonds. The highest BCUT2D eigenvalue weighted by Gasteiger charge is 2.22. The maximum Gasteiger partial charge on any atom is 0.308 e. The van der Waals surface area contributed by atoms with Gasteiger partial charge in [0.2, 0.25) is 5.91 Å². The van der Waals surface area contributed by atoms with Crippen LogP contribution in [-0.4, -0.2) is 29.6 Å². The number of carbonyl (C=O) groups excluding carboxylic acids is 1. The molecule has 5 heteroatoms. The Kier molecular flexibility index (Phi) is 6.80. The van der Waals surface area contributed by atoms with E-state index in [1.165, 1.54) is 0 Å². The largest absolute Gasteiger partial charge is 0.481 e. The average molecular weight is 244 g/mol. The maximum absolute atomic E-state index is 11.6. The van der Waals surface area contributed by atoms with Crippen molar-refractivity contribution in [3.8, 4) is 0 Å². The monoisotopic (exact) mass is 244 g/mol. The molecule has 0 heterocycles. The van der Waals surface area contributed by atoms with Crippen LogP contribution >= 0.6 is 0 Å². The number of amides is 1. The van der Waals surface area contributed by atoms with Crippen LogP contribution in [0.5, 0.6) is 0 Å². The Hall–Kier alpha value is -1.10. The minimum atomic E-state index is -0.878. The highest BCUT2D eigenvalue weighted by Crippen LogP contribution is 2.11. The van der Waals surface area contributed by atoms with E-state index in [1.807, 2.05) is 27.7 Å². The van der Waals surface area contributed by atoms with Gasteiger partial charge in [0.25, 0.3) is 0 Å². The molecule has 0 rings (SSSR count). The third-order valence-corrected chi connectivity index (χ3v) is 2.65. The molecule has 0 aromatic carbocycles. The third-order valence-electron chi connectivity index (χ3n) is 2.65. The second-order valence-corrected chi connectivity index (χ2v) is 5.18. The van der Waals surface area contributed by atoms with Crippen molar-refractivity contribution in [1.82, 2.24) is 5.32 Å². The second-order valence-electron chi connectivity index (χ2n) is 5.18. The number of carboxylic acids is 1. The van der Waals surface area contributed by atoms with Crippen LogP contribution in [0.2, 0.25) is 0 Å². The standard InChI is InChI=1S/C12H24N2O3/c1-7(2)5-9(12(16)17)6-14-11(15)10(13)8(3)4/h7-10H,5-6,13H2,1-4H3,(H,14,15)(H,16,17)/t9?,10-/m0/s1. The Balaban J connectivity index is 4.22. The van der Waals surface area contributed by atoms with Gasteiger partial charge in [-0.25, -0.2) is 0 Å². The van der Waals surface area contributed by atoms with Crippen LogP contribution in [0.15, 0.2) is 0 Å². The molecule has 0 aliphatic carbocycles. The SMILES string of the molecule is CC(C)CC(CNC(=O)[C@@H](N)C(C)C)C(=O)O. The van der Waals surface area contributed by atoms with E-state index >= 15 is 0 Å². The Bertz CT molecular complexity index is 264. The van der Waals surface area contributed by atoms with E-state index < -0.39 is 17.9 Å². The smallest absolute Gasteiger partial charge is 0.308 e. The van der Waals surface area contributed by atoms with Gasteiger partial charge in [-0.2, -0.15) is 0 Å². The van der Waals surface area contributed by atoms with Gasteiger partial charge in [-0.1, -0.05) is 27.7 Å². The van der Waals surface area contributed by atoms with Crippen molar-refractivity contribution < 1.29 is 14.7 Å². The zero-order chi connectivity index (χ0) is 13.6. The maximum atomic E-state index is 11.6. The number of nitrogens with one attached hydrogen (secondary N) is 1. The van der Waals surface area contributed by atoms with Gasteiger partial charge < -0.3 is 16.2 Å². The number of rotatable bonds is 7. The van der Waals surface area contributed by atoms with E-state index in [0.717, 1.165) is 0 Å². The van der Waals surface area contributed by atoms with E-state index in [9.17, 15) is 9.59 Å². The van der Waals surface area contributed by atoms with Crippen LogP contribution in [0.3, 0.4) is 0 Å². The lowest BCUT2D eigenvalue weighted by molar-refractivity contribution is -0.142. The molecule has 0 fully saturated rings. The van der Waals surface area contributed by atoms with E-state index in [1.54, 1.807) is 0 Å². The number of carbonyl (C=O) groups is 2. The highest BCUT2D eigenvalue weighted by atomic mass is 16.4. The van der Waals surface area contributed by atoms with Gasteiger partial charge in [0, 0.05) is 6.54 Å². The summed E-state index contributed by atoms with van der Waals surface area (Å²) in [6, 6.07) is -0.580. The van der Waals surface area contributed by atoms with Crippen molar-refractivity contribution in [2.75, 3.05) is 6.54 Å². The topological polar surface area (TPSA) is 92.4 Å². The molecule has 4 N–H and O–H groups in total. The third kappa shape index (κ3) is 6.26. The fourth-order valence-electron chi connectivity index (χ4n) is 1.48. The molecule has 0 saturated heterocycles. The summed E-state index contributed by atoms with van der Waals surface area (Å²) in [5.74, 6) is -1.37. The van der Waals surface area contributed by atoms with Gasteiger partial charge in [0.15, 0.2) is 0 Å². The molecule has 0 bridgehead atoms. The summed E-state index contributed by atoms with van der Waals surface area (Å²) in [6.45, 7) is 7.77. The lowest BCUT2D eigenvalue weighted by Crippen LogP contribution is -2.46. The molecule has 0 aromatic rings. The molecular weight excluding hydrogens is 220 g/mol. The van der Waals surface area contributed by atoms with Crippen molar-refractivity contribution in [2.24, 2.45) is 23.5 Å². The average Bonchev–Trinajstić information content (AvgIpc) is 2.21. The number of hydrogen-bond acceptors (Lipinski definition) is 3.